The van der Waals surface area contributed by atoms with E-state index in [1.54, 1.807) is 18.2 Å². The third-order valence-corrected chi connectivity index (χ3v) is 3.00. The minimum Gasteiger partial charge on any atom is -0.480 e. The van der Waals surface area contributed by atoms with Gasteiger partial charge < -0.3 is 10.4 Å². The molecule has 0 aliphatic rings. The van der Waals surface area contributed by atoms with Crippen LogP contribution in [0.3, 0.4) is 0 Å². The third kappa shape index (κ3) is 3.41. The van der Waals surface area contributed by atoms with Crippen LogP contribution in [0, 0.1) is 0 Å². The SMILES string of the molecule is O=C(O)Cn1cc(NC(=O)c2ccccc2Br)cn1. The highest BCUT2D eigenvalue weighted by molar-refractivity contribution is 9.10. The van der Waals surface area contributed by atoms with Crippen molar-refractivity contribution in [1.29, 1.82) is 0 Å². The fourth-order valence-corrected chi connectivity index (χ4v) is 1.96. The Labute approximate surface area is 117 Å². The van der Waals surface area contributed by atoms with Gasteiger partial charge >= 0.3 is 5.97 Å². The van der Waals surface area contributed by atoms with E-state index in [-0.39, 0.29) is 12.5 Å². The Morgan fingerprint density at radius 3 is 2.79 bits per heavy atom. The van der Waals surface area contributed by atoms with Crippen molar-refractivity contribution in [2.75, 3.05) is 5.32 Å². The molecule has 0 saturated heterocycles. The molecule has 2 N–H and O–H groups in total. The average Bonchev–Trinajstić information content (AvgIpc) is 2.76. The maximum absolute atomic E-state index is 12.0. The molecule has 0 unspecified atom stereocenters. The van der Waals surface area contributed by atoms with E-state index in [2.05, 4.69) is 26.3 Å². The fraction of sp³-hybridized carbons (Fsp3) is 0.0833. The average molecular weight is 324 g/mol. The number of hydrogen-bond acceptors (Lipinski definition) is 3. The second-order valence-electron chi connectivity index (χ2n) is 3.75. The number of carbonyl (C=O) groups excluding carboxylic acids is 1. The molecular formula is C12H10BrN3O3. The van der Waals surface area contributed by atoms with Crippen LogP contribution in [-0.4, -0.2) is 26.8 Å². The topological polar surface area (TPSA) is 84.2 Å². The summed E-state index contributed by atoms with van der Waals surface area (Å²) in [6.07, 6.45) is 2.86. The summed E-state index contributed by atoms with van der Waals surface area (Å²) in [6.45, 7) is -0.245. The number of carboxylic acids is 1. The number of nitrogens with zero attached hydrogens (tertiary/aromatic N) is 2. The number of aliphatic carboxylic acids is 1. The van der Waals surface area contributed by atoms with Crippen molar-refractivity contribution in [3.63, 3.8) is 0 Å². The number of benzene rings is 1. The first-order valence-corrected chi connectivity index (χ1v) is 6.15. The van der Waals surface area contributed by atoms with Gasteiger partial charge in [-0.15, -0.1) is 0 Å². The van der Waals surface area contributed by atoms with Crippen molar-refractivity contribution in [2.45, 2.75) is 6.54 Å². The molecule has 0 bridgehead atoms. The second-order valence-corrected chi connectivity index (χ2v) is 4.61. The lowest BCUT2D eigenvalue weighted by Gasteiger charge is -2.04. The number of carboxylic acid groups (broad SMARTS) is 1. The van der Waals surface area contributed by atoms with Crippen LogP contribution in [0.5, 0.6) is 0 Å². The molecule has 0 aliphatic carbocycles. The number of aromatic nitrogens is 2. The molecule has 1 heterocycles. The lowest BCUT2D eigenvalue weighted by atomic mass is 10.2. The predicted octanol–water partition coefficient (Wildman–Crippen LogP) is 1.98. The van der Waals surface area contributed by atoms with E-state index in [1.165, 1.54) is 17.1 Å². The Hall–Kier alpha value is -2.15. The first kappa shape index (κ1) is 13.3. The van der Waals surface area contributed by atoms with Crippen LogP contribution in [-0.2, 0) is 11.3 Å². The van der Waals surface area contributed by atoms with E-state index in [1.807, 2.05) is 6.07 Å². The van der Waals surface area contributed by atoms with Gasteiger partial charge in [0.05, 0.1) is 17.4 Å². The van der Waals surface area contributed by atoms with Crippen molar-refractivity contribution >= 4 is 33.5 Å². The van der Waals surface area contributed by atoms with E-state index in [9.17, 15) is 9.59 Å². The zero-order valence-electron chi connectivity index (χ0n) is 9.71. The summed E-state index contributed by atoms with van der Waals surface area (Å²) in [4.78, 5) is 22.5. The molecule has 6 nitrogen and oxygen atoms in total. The fourth-order valence-electron chi connectivity index (χ4n) is 1.50. The van der Waals surface area contributed by atoms with Gasteiger partial charge in [0.25, 0.3) is 5.91 Å². The molecule has 0 saturated carbocycles. The Kier molecular flexibility index (Phi) is 3.96. The number of hydrogen-bond donors (Lipinski definition) is 2. The summed E-state index contributed by atoms with van der Waals surface area (Å²) >= 11 is 3.29. The van der Waals surface area contributed by atoms with Crippen LogP contribution in [0.25, 0.3) is 0 Å². The van der Waals surface area contributed by atoms with Crippen molar-refractivity contribution in [3.05, 3.63) is 46.7 Å². The molecule has 98 valence electrons. The first-order valence-electron chi connectivity index (χ1n) is 5.36. The van der Waals surface area contributed by atoms with Crippen LogP contribution in [0.4, 0.5) is 5.69 Å². The zero-order valence-corrected chi connectivity index (χ0v) is 11.3. The van der Waals surface area contributed by atoms with Crippen molar-refractivity contribution in [3.8, 4) is 0 Å². The number of rotatable bonds is 4. The second kappa shape index (κ2) is 5.66. The number of halogens is 1. The summed E-state index contributed by atoms with van der Waals surface area (Å²) in [5.41, 5.74) is 0.940. The third-order valence-electron chi connectivity index (χ3n) is 2.31. The molecule has 0 aliphatic heterocycles. The molecule has 0 fully saturated rings. The van der Waals surface area contributed by atoms with Gasteiger partial charge in [0.1, 0.15) is 6.54 Å². The summed E-state index contributed by atoms with van der Waals surface area (Å²) in [7, 11) is 0. The molecule has 2 aromatic rings. The molecule has 1 amide bonds. The smallest absolute Gasteiger partial charge is 0.325 e. The van der Waals surface area contributed by atoms with Crippen molar-refractivity contribution < 1.29 is 14.7 Å². The summed E-state index contributed by atoms with van der Waals surface area (Å²) < 4.78 is 1.92. The van der Waals surface area contributed by atoms with Crippen LogP contribution in [0.15, 0.2) is 41.1 Å². The summed E-state index contributed by atoms with van der Waals surface area (Å²) in [5.74, 6) is -1.28. The Morgan fingerprint density at radius 1 is 1.37 bits per heavy atom. The van der Waals surface area contributed by atoms with E-state index in [0.717, 1.165) is 0 Å². The molecule has 0 radical (unpaired) electrons. The Morgan fingerprint density at radius 2 is 2.11 bits per heavy atom. The standard InChI is InChI=1S/C12H10BrN3O3/c13-10-4-2-1-3-9(10)12(19)15-8-5-14-16(6-8)7-11(17)18/h1-6H,7H2,(H,15,19)(H,17,18). The van der Waals surface area contributed by atoms with Gasteiger partial charge in [-0.05, 0) is 28.1 Å². The van der Waals surface area contributed by atoms with Gasteiger partial charge in [0.2, 0.25) is 0 Å². The van der Waals surface area contributed by atoms with Crippen molar-refractivity contribution in [2.24, 2.45) is 0 Å². The highest BCUT2D eigenvalue weighted by Crippen LogP contribution is 2.17. The van der Waals surface area contributed by atoms with Gasteiger partial charge in [0.15, 0.2) is 0 Å². The van der Waals surface area contributed by atoms with E-state index in [0.29, 0.717) is 15.7 Å². The van der Waals surface area contributed by atoms with Gasteiger partial charge in [0, 0.05) is 10.7 Å². The number of carbonyl (C=O) groups is 2. The monoisotopic (exact) mass is 323 g/mol. The number of nitrogens with one attached hydrogen (secondary N) is 1. The summed E-state index contributed by atoms with van der Waals surface area (Å²) in [5, 5.41) is 15.1. The number of amides is 1. The lowest BCUT2D eigenvalue weighted by Crippen LogP contribution is -2.12. The molecule has 7 heteroatoms. The largest absolute Gasteiger partial charge is 0.480 e. The van der Waals surface area contributed by atoms with Crippen LogP contribution < -0.4 is 5.32 Å². The highest BCUT2D eigenvalue weighted by atomic mass is 79.9. The van der Waals surface area contributed by atoms with Gasteiger partial charge in [-0.25, -0.2) is 0 Å². The van der Waals surface area contributed by atoms with Crippen LogP contribution in [0.1, 0.15) is 10.4 Å². The molecular weight excluding hydrogens is 314 g/mol. The molecule has 1 aromatic heterocycles. The van der Waals surface area contributed by atoms with Crippen LogP contribution in [0.2, 0.25) is 0 Å². The molecule has 1 aromatic carbocycles. The minimum absolute atomic E-state index is 0.245. The molecule has 0 spiro atoms. The molecule has 2 rings (SSSR count). The van der Waals surface area contributed by atoms with Gasteiger partial charge in [-0.1, -0.05) is 12.1 Å². The van der Waals surface area contributed by atoms with Gasteiger partial charge in [-0.3, -0.25) is 14.3 Å². The van der Waals surface area contributed by atoms with E-state index in [4.69, 9.17) is 5.11 Å². The maximum Gasteiger partial charge on any atom is 0.325 e. The first-order chi connectivity index (χ1) is 9.06. The van der Waals surface area contributed by atoms with E-state index >= 15 is 0 Å². The van der Waals surface area contributed by atoms with E-state index < -0.39 is 5.97 Å². The van der Waals surface area contributed by atoms with Crippen molar-refractivity contribution in [1.82, 2.24) is 9.78 Å². The minimum atomic E-state index is -0.994. The normalized spacial score (nSPS) is 10.2. The molecule has 0 atom stereocenters. The number of anilines is 1. The maximum atomic E-state index is 12.0. The quantitative estimate of drug-likeness (QED) is 0.901. The van der Waals surface area contributed by atoms with Gasteiger partial charge in [-0.2, -0.15) is 5.10 Å². The Bertz CT molecular complexity index is 624. The predicted molar refractivity (Wildman–Crippen MR) is 72.0 cm³/mol. The summed E-state index contributed by atoms with van der Waals surface area (Å²) in [6, 6.07) is 7.02. The molecule has 19 heavy (non-hydrogen) atoms. The zero-order chi connectivity index (χ0) is 13.8. The Balaban J connectivity index is 2.09. The van der Waals surface area contributed by atoms with Crippen LogP contribution >= 0.6 is 15.9 Å². The lowest BCUT2D eigenvalue weighted by molar-refractivity contribution is -0.137. The highest BCUT2D eigenvalue weighted by Gasteiger charge is 2.10.